The molecule has 0 saturated carbocycles. The standard InChI is InChI=1S/C25H34N2O5/c1-30-23-14-21(15-24(16-23)31-2)26-25(29)9-8-19-6-4-10-27(17-19)18-20-5-3-7-22(13-20)32-12-11-28/h3,5,7,13-16,19,28H,4,6,8-12,17-18H2,1-2H3,(H,26,29)/t19-/m1/s1. The smallest absolute Gasteiger partial charge is 0.224 e. The van der Waals surface area contributed by atoms with Crippen molar-refractivity contribution in [2.75, 3.05) is 45.8 Å². The van der Waals surface area contributed by atoms with Gasteiger partial charge in [-0.25, -0.2) is 0 Å². The highest BCUT2D eigenvalue weighted by Crippen LogP contribution is 2.27. The number of aliphatic hydroxyl groups excluding tert-OH is 1. The summed E-state index contributed by atoms with van der Waals surface area (Å²) in [7, 11) is 3.18. The Morgan fingerprint density at radius 3 is 2.62 bits per heavy atom. The lowest BCUT2D eigenvalue weighted by Crippen LogP contribution is -2.35. The maximum absolute atomic E-state index is 12.5. The number of piperidine rings is 1. The van der Waals surface area contributed by atoms with Crippen LogP contribution in [0.2, 0.25) is 0 Å². The quantitative estimate of drug-likeness (QED) is 0.552. The van der Waals surface area contributed by atoms with Gasteiger partial charge >= 0.3 is 0 Å². The lowest BCUT2D eigenvalue weighted by molar-refractivity contribution is -0.116. The van der Waals surface area contributed by atoms with Gasteiger partial charge in [0.15, 0.2) is 0 Å². The van der Waals surface area contributed by atoms with E-state index in [-0.39, 0.29) is 12.5 Å². The van der Waals surface area contributed by atoms with Crippen LogP contribution in [0, 0.1) is 5.92 Å². The Balaban J connectivity index is 1.47. The third-order valence-electron chi connectivity index (χ3n) is 5.68. The Morgan fingerprint density at radius 1 is 1.12 bits per heavy atom. The summed E-state index contributed by atoms with van der Waals surface area (Å²) in [6.07, 6.45) is 3.64. The molecular formula is C25H34N2O5. The Hall–Kier alpha value is -2.77. The summed E-state index contributed by atoms with van der Waals surface area (Å²) in [6.45, 7) is 3.23. The van der Waals surface area contributed by atoms with E-state index in [1.807, 2.05) is 18.2 Å². The number of carbonyl (C=O) groups excluding carboxylic acids is 1. The van der Waals surface area contributed by atoms with Gasteiger partial charge in [0.25, 0.3) is 0 Å². The number of carbonyl (C=O) groups is 1. The molecule has 1 atom stereocenters. The Kier molecular flexibility index (Phi) is 9.19. The molecule has 7 heteroatoms. The third-order valence-corrected chi connectivity index (χ3v) is 5.68. The maximum atomic E-state index is 12.5. The average Bonchev–Trinajstić information content (AvgIpc) is 2.81. The van der Waals surface area contributed by atoms with Crippen LogP contribution in [0.1, 0.15) is 31.2 Å². The second-order valence-corrected chi connectivity index (χ2v) is 8.15. The number of amides is 1. The first kappa shape index (κ1) is 23.9. The van der Waals surface area contributed by atoms with Crippen molar-refractivity contribution < 1.29 is 24.1 Å². The number of likely N-dealkylation sites (tertiary alicyclic amines) is 1. The molecule has 0 aromatic heterocycles. The van der Waals surface area contributed by atoms with Crippen LogP contribution in [-0.4, -0.2) is 56.4 Å². The number of aliphatic hydroxyl groups is 1. The first-order chi connectivity index (χ1) is 15.6. The van der Waals surface area contributed by atoms with Crippen LogP contribution < -0.4 is 19.5 Å². The number of ether oxygens (including phenoxy) is 3. The fourth-order valence-electron chi connectivity index (χ4n) is 4.12. The van der Waals surface area contributed by atoms with Gasteiger partial charge in [-0.15, -0.1) is 0 Å². The van der Waals surface area contributed by atoms with Crippen LogP contribution in [0.25, 0.3) is 0 Å². The first-order valence-corrected chi connectivity index (χ1v) is 11.2. The van der Waals surface area contributed by atoms with Crippen LogP contribution in [0.3, 0.4) is 0 Å². The molecule has 1 heterocycles. The zero-order chi connectivity index (χ0) is 22.8. The lowest BCUT2D eigenvalue weighted by atomic mass is 9.93. The van der Waals surface area contributed by atoms with Crippen LogP contribution in [0.4, 0.5) is 5.69 Å². The van der Waals surface area contributed by atoms with E-state index in [1.54, 1.807) is 32.4 Å². The highest BCUT2D eigenvalue weighted by atomic mass is 16.5. The Labute approximate surface area is 190 Å². The molecule has 32 heavy (non-hydrogen) atoms. The summed E-state index contributed by atoms with van der Waals surface area (Å²) >= 11 is 0. The minimum atomic E-state index is 0.00571. The molecule has 1 saturated heterocycles. The normalized spacial score (nSPS) is 16.4. The highest BCUT2D eigenvalue weighted by molar-refractivity contribution is 5.91. The number of rotatable bonds is 11. The van der Waals surface area contributed by atoms with Gasteiger partial charge in [0.1, 0.15) is 23.9 Å². The van der Waals surface area contributed by atoms with Gasteiger partial charge in [0.05, 0.1) is 20.8 Å². The van der Waals surface area contributed by atoms with E-state index in [2.05, 4.69) is 16.3 Å². The molecule has 0 bridgehead atoms. The number of hydrogen-bond donors (Lipinski definition) is 2. The van der Waals surface area contributed by atoms with Crippen molar-refractivity contribution in [1.29, 1.82) is 0 Å². The van der Waals surface area contributed by atoms with Crippen LogP contribution in [0.15, 0.2) is 42.5 Å². The van der Waals surface area contributed by atoms with E-state index < -0.39 is 0 Å². The molecule has 1 aliphatic heterocycles. The minimum Gasteiger partial charge on any atom is -0.497 e. The van der Waals surface area contributed by atoms with Crippen LogP contribution >= 0.6 is 0 Å². The van der Waals surface area contributed by atoms with E-state index in [9.17, 15) is 4.79 Å². The van der Waals surface area contributed by atoms with E-state index in [0.717, 1.165) is 44.6 Å². The van der Waals surface area contributed by atoms with Crippen molar-refractivity contribution in [1.82, 2.24) is 4.90 Å². The Bertz CT molecular complexity index is 851. The fraction of sp³-hybridized carbons (Fsp3) is 0.480. The molecule has 3 rings (SSSR count). The predicted molar refractivity (Wildman–Crippen MR) is 124 cm³/mol. The topological polar surface area (TPSA) is 80.3 Å². The molecule has 0 spiro atoms. The van der Waals surface area contributed by atoms with Crippen molar-refractivity contribution in [3.63, 3.8) is 0 Å². The SMILES string of the molecule is COc1cc(NC(=O)CC[C@H]2CCCN(Cc3cccc(OCCO)c3)C2)cc(OC)c1. The van der Waals surface area contributed by atoms with E-state index in [1.165, 1.54) is 5.56 Å². The summed E-state index contributed by atoms with van der Waals surface area (Å²) in [5.41, 5.74) is 1.88. The molecule has 1 amide bonds. The summed E-state index contributed by atoms with van der Waals surface area (Å²) in [5, 5.41) is 11.9. The highest BCUT2D eigenvalue weighted by Gasteiger charge is 2.21. The monoisotopic (exact) mass is 442 g/mol. The van der Waals surface area contributed by atoms with E-state index in [4.69, 9.17) is 19.3 Å². The molecule has 174 valence electrons. The number of anilines is 1. The lowest BCUT2D eigenvalue weighted by Gasteiger charge is -2.32. The fourth-order valence-corrected chi connectivity index (χ4v) is 4.12. The first-order valence-electron chi connectivity index (χ1n) is 11.2. The van der Waals surface area contributed by atoms with Crippen LogP contribution in [0.5, 0.6) is 17.2 Å². The molecule has 2 aromatic rings. The second-order valence-electron chi connectivity index (χ2n) is 8.15. The number of nitrogens with zero attached hydrogens (tertiary/aromatic N) is 1. The Morgan fingerprint density at radius 2 is 1.91 bits per heavy atom. The molecule has 2 aromatic carbocycles. The van der Waals surface area contributed by atoms with Gasteiger partial charge in [0.2, 0.25) is 5.91 Å². The molecule has 1 aliphatic rings. The second kappa shape index (κ2) is 12.3. The summed E-state index contributed by atoms with van der Waals surface area (Å²) < 4.78 is 16.1. The molecule has 1 fully saturated rings. The van der Waals surface area contributed by atoms with E-state index >= 15 is 0 Å². The molecule has 7 nitrogen and oxygen atoms in total. The largest absolute Gasteiger partial charge is 0.497 e. The van der Waals surface area contributed by atoms with Crippen LogP contribution in [-0.2, 0) is 11.3 Å². The van der Waals surface area contributed by atoms with Gasteiger partial charge in [-0.1, -0.05) is 12.1 Å². The molecule has 0 unspecified atom stereocenters. The number of nitrogens with one attached hydrogen (secondary N) is 1. The zero-order valence-corrected chi connectivity index (χ0v) is 19.0. The third kappa shape index (κ3) is 7.43. The van der Waals surface area contributed by atoms with Crippen molar-refractivity contribution in [2.45, 2.75) is 32.2 Å². The summed E-state index contributed by atoms with van der Waals surface area (Å²) in [4.78, 5) is 15.0. The summed E-state index contributed by atoms with van der Waals surface area (Å²) in [6, 6.07) is 13.4. The molecular weight excluding hydrogens is 408 g/mol. The zero-order valence-electron chi connectivity index (χ0n) is 19.0. The molecule has 2 N–H and O–H groups in total. The number of hydrogen-bond acceptors (Lipinski definition) is 6. The number of benzene rings is 2. The van der Waals surface area contributed by atoms with Gasteiger partial charge < -0.3 is 24.6 Å². The maximum Gasteiger partial charge on any atom is 0.224 e. The predicted octanol–water partition coefficient (Wildman–Crippen LogP) is 3.71. The van der Waals surface area contributed by atoms with Crippen molar-refractivity contribution in [3.8, 4) is 17.2 Å². The van der Waals surface area contributed by atoms with Gasteiger partial charge in [-0.2, -0.15) is 0 Å². The molecule has 0 radical (unpaired) electrons. The van der Waals surface area contributed by atoms with Gasteiger partial charge in [-0.05, 0) is 49.4 Å². The number of methoxy groups -OCH3 is 2. The average molecular weight is 443 g/mol. The van der Waals surface area contributed by atoms with Crippen molar-refractivity contribution >= 4 is 11.6 Å². The van der Waals surface area contributed by atoms with Crippen molar-refractivity contribution in [2.24, 2.45) is 5.92 Å². The van der Waals surface area contributed by atoms with Gasteiger partial charge in [0, 0.05) is 43.4 Å². The minimum absolute atomic E-state index is 0.00571. The molecule has 0 aliphatic carbocycles. The van der Waals surface area contributed by atoms with Gasteiger partial charge in [-0.3, -0.25) is 9.69 Å². The van der Waals surface area contributed by atoms with Crippen molar-refractivity contribution in [3.05, 3.63) is 48.0 Å². The van der Waals surface area contributed by atoms with E-state index in [0.29, 0.717) is 36.1 Å². The summed E-state index contributed by atoms with van der Waals surface area (Å²) in [5.74, 6) is 2.59.